The van der Waals surface area contributed by atoms with E-state index in [1.807, 2.05) is 6.07 Å². The van der Waals surface area contributed by atoms with Crippen molar-refractivity contribution in [1.29, 1.82) is 5.26 Å². The molecule has 0 spiro atoms. The number of hydrogen-bond donors (Lipinski definition) is 1. The standard InChI is InChI=1S/C14H17N3O4S2/c1-2-22(18,19)16-10-13-7-8-17(11-13)23(20,21)14-5-3-12(9-15)4-6-14/h2-6,13,16H,1,7-8,10-11H2. The number of hydrogen-bond acceptors (Lipinski definition) is 5. The van der Waals surface area contributed by atoms with Crippen LogP contribution in [0.2, 0.25) is 0 Å². The molecule has 0 saturated carbocycles. The normalized spacial score (nSPS) is 19.3. The zero-order chi connectivity index (χ0) is 17.1. The summed E-state index contributed by atoms with van der Waals surface area (Å²) < 4.78 is 51.4. The molecule has 1 fully saturated rings. The zero-order valence-electron chi connectivity index (χ0n) is 12.3. The smallest absolute Gasteiger partial charge is 0.211 e. The lowest BCUT2D eigenvalue weighted by Gasteiger charge is -2.16. The Morgan fingerprint density at radius 1 is 1.30 bits per heavy atom. The molecule has 1 atom stereocenters. The molecule has 1 unspecified atom stereocenters. The molecule has 1 heterocycles. The molecule has 0 radical (unpaired) electrons. The van der Waals surface area contributed by atoms with Crippen molar-refractivity contribution in [3.63, 3.8) is 0 Å². The molecule has 2 rings (SSSR count). The first kappa shape index (κ1) is 17.6. The molecule has 1 saturated heterocycles. The highest BCUT2D eigenvalue weighted by atomic mass is 32.2. The minimum atomic E-state index is -3.63. The first-order chi connectivity index (χ1) is 10.8. The number of benzene rings is 1. The second kappa shape index (κ2) is 6.80. The van der Waals surface area contributed by atoms with Crippen LogP contribution in [0.5, 0.6) is 0 Å². The minimum Gasteiger partial charge on any atom is -0.211 e. The van der Waals surface area contributed by atoms with Gasteiger partial charge >= 0.3 is 0 Å². The van der Waals surface area contributed by atoms with Gasteiger partial charge in [0.1, 0.15) is 0 Å². The van der Waals surface area contributed by atoms with Crippen molar-refractivity contribution >= 4 is 20.0 Å². The van der Waals surface area contributed by atoms with Crippen LogP contribution in [0.25, 0.3) is 0 Å². The summed E-state index contributed by atoms with van der Waals surface area (Å²) in [4.78, 5) is 0.129. The molecule has 0 amide bonds. The van der Waals surface area contributed by atoms with E-state index in [9.17, 15) is 16.8 Å². The van der Waals surface area contributed by atoms with E-state index in [0.29, 0.717) is 18.5 Å². The molecular weight excluding hydrogens is 338 g/mol. The highest BCUT2D eigenvalue weighted by Gasteiger charge is 2.32. The molecule has 0 aliphatic carbocycles. The Morgan fingerprint density at radius 2 is 1.96 bits per heavy atom. The molecular formula is C14H17N3O4S2. The van der Waals surface area contributed by atoms with Crippen LogP contribution in [-0.2, 0) is 20.0 Å². The summed E-state index contributed by atoms with van der Waals surface area (Å²) in [6, 6.07) is 7.66. The lowest BCUT2D eigenvalue weighted by molar-refractivity contribution is 0.455. The third-order valence-corrected chi connectivity index (χ3v) is 6.55. The molecule has 0 aromatic heterocycles. The molecule has 124 valence electrons. The Morgan fingerprint density at radius 3 is 2.52 bits per heavy atom. The summed E-state index contributed by atoms with van der Waals surface area (Å²) >= 11 is 0. The first-order valence-corrected chi connectivity index (χ1v) is 9.89. The zero-order valence-corrected chi connectivity index (χ0v) is 14.0. The Hall–Kier alpha value is -1.73. The fraction of sp³-hybridized carbons (Fsp3) is 0.357. The van der Waals surface area contributed by atoms with E-state index in [-0.39, 0.29) is 23.9 Å². The average molecular weight is 355 g/mol. The predicted molar refractivity (Wildman–Crippen MR) is 85.1 cm³/mol. The Bertz CT molecular complexity index is 824. The van der Waals surface area contributed by atoms with Crippen LogP contribution in [0.15, 0.2) is 41.1 Å². The van der Waals surface area contributed by atoms with E-state index in [1.165, 1.54) is 28.6 Å². The predicted octanol–water partition coefficient (Wildman–Crippen LogP) is 0.632. The van der Waals surface area contributed by atoms with Gasteiger partial charge in [-0.3, -0.25) is 0 Å². The van der Waals surface area contributed by atoms with Gasteiger partial charge < -0.3 is 0 Å². The largest absolute Gasteiger partial charge is 0.243 e. The molecule has 1 aliphatic rings. The molecule has 7 nitrogen and oxygen atoms in total. The van der Waals surface area contributed by atoms with E-state index >= 15 is 0 Å². The van der Waals surface area contributed by atoms with Gasteiger partial charge in [0, 0.05) is 25.0 Å². The van der Waals surface area contributed by atoms with Gasteiger partial charge in [0.2, 0.25) is 20.0 Å². The van der Waals surface area contributed by atoms with Gasteiger partial charge in [-0.15, -0.1) is 0 Å². The van der Waals surface area contributed by atoms with E-state index < -0.39 is 20.0 Å². The van der Waals surface area contributed by atoms with E-state index in [1.54, 1.807) is 0 Å². The number of sulfonamides is 2. The Kier molecular flexibility index (Phi) is 5.21. The third kappa shape index (κ3) is 4.17. The minimum absolute atomic E-state index is 0.0853. The van der Waals surface area contributed by atoms with Crippen molar-refractivity contribution in [2.75, 3.05) is 19.6 Å². The van der Waals surface area contributed by atoms with Crippen molar-refractivity contribution in [2.45, 2.75) is 11.3 Å². The summed E-state index contributed by atoms with van der Waals surface area (Å²) in [5.41, 5.74) is 0.391. The fourth-order valence-electron chi connectivity index (χ4n) is 2.33. The maximum absolute atomic E-state index is 12.5. The monoisotopic (exact) mass is 355 g/mol. The van der Waals surface area contributed by atoms with Gasteiger partial charge in [-0.2, -0.15) is 9.57 Å². The summed E-state index contributed by atoms with van der Waals surface area (Å²) in [6.07, 6.45) is 0.579. The number of nitriles is 1. The SMILES string of the molecule is C=CS(=O)(=O)NCC1CCN(S(=O)(=O)c2ccc(C#N)cc2)C1. The number of rotatable bonds is 6. The number of nitrogens with zero attached hydrogens (tertiary/aromatic N) is 2. The first-order valence-electron chi connectivity index (χ1n) is 6.91. The van der Waals surface area contributed by atoms with Gasteiger partial charge in [0.25, 0.3) is 0 Å². The Balaban J connectivity index is 2.05. The van der Waals surface area contributed by atoms with Gasteiger partial charge in [-0.25, -0.2) is 21.6 Å². The quantitative estimate of drug-likeness (QED) is 0.805. The molecule has 1 aliphatic heterocycles. The fourth-order valence-corrected chi connectivity index (χ4v) is 4.44. The van der Waals surface area contributed by atoms with Gasteiger partial charge in [-0.05, 0) is 36.6 Å². The average Bonchev–Trinajstić information content (AvgIpc) is 3.03. The molecule has 23 heavy (non-hydrogen) atoms. The van der Waals surface area contributed by atoms with E-state index in [2.05, 4.69) is 11.3 Å². The Labute approximate surface area is 136 Å². The maximum atomic E-state index is 12.5. The molecule has 0 bridgehead atoms. The van der Waals surface area contributed by atoms with Crippen LogP contribution in [0.1, 0.15) is 12.0 Å². The van der Waals surface area contributed by atoms with Crippen molar-refractivity contribution in [2.24, 2.45) is 5.92 Å². The van der Waals surface area contributed by atoms with E-state index in [0.717, 1.165) is 5.41 Å². The molecule has 1 N–H and O–H groups in total. The summed E-state index contributed by atoms with van der Waals surface area (Å²) in [5, 5.41) is 9.58. The van der Waals surface area contributed by atoms with Crippen molar-refractivity contribution in [3.05, 3.63) is 41.8 Å². The highest BCUT2D eigenvalue weighted by Crippen LogP contribution is 2.24. The van der Waals surface area contributed by atoms with Crippen molar-refractivity contribution in [1.82, 2.24) is 9.03 Å². The van der Waals surface area contributed by atoms with E-state index in [4.69, 9.17) is 5.26 Å². The van der Waals surface area contributed by atoms with Crippen LogP contribution in [0, 0.1) is 17.2 Å². The van der Waals surface area contributed by atoms with Gasteiger partial charge in [-0.1, -0.05) is 6.58 Å². The molecule has 1 aromatic rings. The van der Waals surface area contributed by atoms with Crippen LogP contribution in [0.3, 0.4) is 0 Å². The lowest BCUT2D eigenvalue weighted by Crippen LogP contribution is -2.32. The second-order valence-electron chi connectivity index (χ2n) is 5.21. The lowest BCUT2D eigenvalue weighted by atomic mass is 10.1. The highest BCUT2D eigenvalue weighted by molar-refractivity contribution is 7.92. The summed E-state index contributed by atoms with van der Waals surface area (Å²) in [7, 11) is -7.13. The summed E-state index contributed by atoms with van der Waals surface area (Å²) in [6.45, 7) is 3.97. The topological polar surface area (TPSA) is 107 Å². The molecule has 9 heteroatoms. The van der Waals surface area contributed by atoms with Gasteiger partial charge in [0.15, 0.2) is 0 Å². The van der Waals surface area contributed by atoms with Gasteiger partial charge in [0.05, 0.1) is 16.5 Å². The number of nitrogens with one attached hydrogen (secondary N) is 1. The van der Waals surface area contributed by atoms with Crippen LogP contribution in [-0.4, -0.2) is 40.8 Å². The van der Waals surface area contributed by atoms with Crippen LogP contribution in [0.4, 0.5) is 0 Å². The van der Waals surface area contributed by atoms with Crippen LogP contribution >= 0.6 is 0 Å². The second-order valence-corrected chi connectivity index (χ2v) is 8.86. The molecule has 1 aromatic carbocycles. The van der Waals surface area contributed by atoms with Crippen molar-refractivity contribution < 1.29 is 16.8 Å². The third-order valence-electron chi connectivity index (χ3n) is 3.66. The summed E-state index contributed by atoms with van der Waals surface area (Å²) in [5.74, 6) is -0.0853. The van der Waals surface area contributed by atoms with Crippen molar-refractivity contribution in [3.8, 4) is 6.07 Å². The van der Waals surface area contributed by atoms with Crippen LogP contribution < -0.4 is 4.72 Å². The maximum Gasteiger partial charge on any atom is 0.243 e.